The number of nitrogen functional groups attached to an aromatic ring is 1. The summed E-state index contributed by atoms with van der Waals surface area (Å²) >= 11 is 0. The lowest BCUT2D eigenvalue weighted by Crippen LogP contribution is -2.02. The zero-order chi connectivity index (χ0) is 11.5. The van der Waals surface area contributed by atoms with Crippen molar-refractivity contribution in [2.45, 2.75) is 6.61 Å². The maximum atomic E-state index is 13.3. The Kier molecular flexibility index (Phi) is 2.76. The van der Waals surface area contributed by atoms with Crippen LogP contribution >= 0.6 is 0 Å². The molecular formula is C11H12FN3O. The van der Waals surface area contributed by atoms with Crippen LogP contribution in [0.25, 0.3) is 0 Å². The predicted octanol–water partition coefficient (Wildman–Crippen LogP) is 1.72. The summed E-state index contributed by atoms with van der Waals surface area (Å²) in [7, 11) is 1.81. The van der Waals surface area contributed by atoms with Gasteiger partial charge in [-0.2, -0.15) is 5.10 Å². The Balaban J connectivity index is 2.10. The molecule has 0 saturated carbocycles. The molecule has 2 N–H and O–H groups in total. The molecule has 0 atom stereocenters. The van der Waals surface area contributed by atoms with Gasteiger partial charge in [-0.25, -0.2) is 4.39 Å². The van der Waals surface area contributed by atoms with Gasteiger partial charge in [-0.1, -0.05) is 6.07 Å². The van der Waals surface area contributed by atoms with Crippen LogP contribution in [0.3, 0.4) is 0 Å². The fraction of sp³-hybridized carbons (Fsp3) is 0.182. The van der Waals surface area contributed by atoms with Gasteiger partial charge in [-0.15, -0.1) is 0 Å². The SMILES string of the molecule is Cn1ccc(COc2c(N)cccc2F)n1. The number of aryl methyl sites for hydroxylation is 1. The van der Waals surface area contributed by atoms with Crippen molar-refractivity contribution in [1.82, 2.24) is 9.78 Å². The molecule has 2 aromatic rings. The number of nitrogens with two attached hydrogens (primary N) is 1. The largest absolute Gasteiger partial charge is 0.482 e. The van der Waals surface area contributed by atoms with Gasteiger partial charge in [0.1, 0.15) is 6.61 Å². The van der Waals surface area contributed by atoms with E-state index in [1.807, 2.05) is 0 Å². The molecule has 0 aliphatic heterocycles. The second-order valence-electron chi connectivity index (χ2n) is 3.43. The number of anilines is 1. The molecule has 5 heteroatoms. The van der Waals surface area contributed by atoms with E-state index in [1.165, 1.54) is 12.1 Å². The van der Waals surface area contributed by atoms with Crippen LogP contribution in [0.4, 0.5) is 10.1 Å². The molecule has 0 bridgehead atoms. The molecule has 0 aliphatic carbocycles. The number of rotatable bonds is 3. The third-order valence-corrected chi connectivity index (χ3v) is 2.13. The van der Waals surface area contributed by atoms with Gasteiger partial charge >= 0.3 is 0 Å². The summed E-state index contributed by atoms with van der Waals surface area (Å²) in [6.07, 6.45) is 1.80. The highest BCUT2D eigenvalue weighted by molar-refractivity contribution is 5.52. The molecule has 0 fully saturated rings. The zero-order valence-corrected chi connectivity index (χ0v) is 8.85. The van der Waals surface area contributed by atoms with E-state index in [0.29, 0.717) is 0 Å². The lowest BCUT2D eigenvalue weighted by molar-refractivity contribution is 0.286. The van der Waals surface area contributed by atoms with Crippen LogP contribution < -0.4 is 10.5 Å². The Labute approximate surface area is 92.4 Å². The van der Waals surface area contributed by atoms with Gasteiger partial charge in [0.05, 0.1) is 11.4 Å². The van der Waals surface area contributed by atoms with E-state index in [-0.39, 0.29) is 18.0 Å². The summed E-state index contributed by atoms with van der Waals surface area (Å²) in [5.41, 5.74) is 6.62. The number of hydrogen-bond donors (Lipinski definition) is 1. The molecule has 2 rings (SSSR count). The van der Waals surface area contributed by atoms with E-state index < -0.39 is 5.82 Å². The highest BCUT2D eigenvalue weighted by Crippen LogP contribution is 2.25. The van der Waals surface area contributed by atoms with Crippen molar-refractivity contribution in [2.24, 2.45) is 7.05 Å². The van der Waals surface area contributed by atoms with Gasteiger partial charge in [0, 0.05) is 13.2 Å². The van der Waals surface area contributed by atoms with Gasteiger partial charge in [0.25, 0.3) is 0 Å². The number of benzene rings is 1. The van der Waals surface area contributed by atoms with Gasteiger partial charge in [-0.3, -0.25) is 4.68 Å². The van der Waals surface area contributed by atoms with Crippen molar-refractivity contribution in [3.8, 4) is 5.75 Å². The summed E-state index contributed by atoms with van der Waals surface area (Å²) < 4.78 is 20.3. The van der Waals surface area contributed by atoms with E-state index in [4.69, 9.17) is 10.5 Å². The first-order chi connectivity index (χ1) is 7.66. The van der Waals surface area contributed by atoms with Crippen LogP contribution in [-0.2, 0) is 13.7 Å². The summed E-state index contributed by atoms with van der Waals surface area (Å²) in [6, 6.07) is 6.25. The molecule has 0 unspecified atom stereocenters. The first-order valence-corrected chi connectivity index (χ1v) is 4.82. The summed E-state index contributed by atoms with van der Waals surface area (Å²) in [6.45, 7) is 0.200. The third kappa shape index (κ3) is 2.13. The first kappa shape index (κ1) is 10.5. The Hall–Kier alpha value is -2.04. The van der Waals surface area contributed by atoms with E-state index >= 15 is 0 Å². The first-order valence-electron chi connectivity index (χ1n) is 4.82. The van der Waals surface area contributed by atoms with Crippen LogP contribution in [0.1, 0.15) is 5.69 Å². The van der Waals surface area contributed by atoms with Gasteiger partial charge in [0.15, 0.2) is 11.6 Å². The van der Waals surface area contributed by atoms with Crippen molar-refractivity contribution in [3.05, 3.63) is 42.0 Å². The van der Waals surface area contributed by atoms with Crippen LogP contribution in [0.2, 0.25) is 0 Å². The van der Waals surface area contributed by atoms with Crippen molar-refractivity contribution in [2.75, 3.05) is 5.73 Å². The number of hydrogen-bond acceptors (Lipinski definition) is 3. The Morgan fingerprint density at radius 3 is 2.88 bits per heavy atom. The van der Waals surface area contributed by atoms with E-state index in [9.17, 15) is 4.39 Å². The minimum absolute atomic E-state index is 0.0770. The zero-order valence-electron chi connectivity index (χ0n) is 8.85. The third-order valence-electron chi connectivity index (χ3n) is 2.13. The molecule has 0 aliphatic rings. The topological polar surface area (TPSA) is 53.1 Å². The monoisotopic (exact) mass is 221 g/mol. The number of para-hydroxylation sites is 1. The number of halogens is 1. The fourth-order valence-corrected chi connectivity index (χ4v) is 1.36. The van der Waals surface area contributed by atoms with E-state index in [2.05, 4.69) is 5.10 Å². The molecule has 0 saturated heterocycles. The van der Waals surface area contributed by atoms with Crippen LogP contribution in [0, 0.1) is 5.82 Å². The predicted molar refractivity (Wildman–Crippen MR) is 58.4 cm³/mol. The Morgan fingerprint density at radius 1 is 1.44 bits per heavy atom. The second-order valence-corrected chi connectivity index (χ2v) is 3.43. The molecule has 0 spiro atoms. The standard InChI is InChI=1S/C11H12FN3O/c1-15-6-5-8(14-15)7-16-11-9(12)3-2-4-10(11)13/h2-6H,7,13H2,1H3. The van der Waals surface area contributed by atoms with Gasteiger partial charge in [-0.05, 0) is 18.2 Å². The minimum atomic E-state index is -0.462. The fourth-order valence-electron chi connectivity index (χ4n) is 1.36. The van der Waals surface area contributed by atoms with Gasteiger partial charge < -0.3 is 10.5 Å². The van der Waals surface area contributed by atoms with Crippen molar-refractivity contribution in [1.29, 1.82) is 0 Å². The highest BCUT2D eigenvalue weighted by Gasteiger charge is 2.07. The summed E-state index contributed by atoms with van der Waals surface area (Å²) in [5, 5.41) is 4.11. The molecule has 84 valence electrons. The molecule has 1 heterocycles. The van der Waals surface area contributed by atoms with Crippen molar-refractivity contribution < 1.29 is 9.13 Å². The molecule has 1 aromatic carbocycles. The molecular weight excluding hydrogens is 209 g/mol. The maximum Gasteiger partial charge on any atom is 0.178 e. The van der Waals surface area contributed by atoms with Crippen LogP contribution in [0.15, 0.2) is 30.5 Å². The Bertz CT molecular complexity index is 475. The average molecular weight is 221 g/mol. The smallest absolute Gasteiger partial charge is 0.178 e. The molecule has 4 nitrogen and oxygen atoms in total. The summed E-state index contributed by atoms with van der Waals surface area (Å²) in [5.74, 6) is -0.385. The van der Waals surface area contributed by atoms with Crippen LogP contribution in [-0.4, -0.2) is 9.78 Å². The van der Waals surface area contributed by atoms with Crippen LogP contribution in [0.5, 0.6) is 5.75 Å². The number of ether oxygens (including phenoxy) is 1. The number of nitrogens with zero attached hydrogens (tertiary/aromatic N) is 2. The lowest BCUT2D eigenvalue weighted by Gasteiger charge is -2.07. The normalized spacial score (nSPS) is 10.4. The molecule has 0 radical (unpaired) electrons. The maximum absolute atomic E-state index is 13.3. The highest BCUT2D eigenvalue weighted by atomic mass is 19.1. The van der Waals surface area contributed by atoms with E-state index in [1.54, 1.807) is 30.1 Å². The second kappa shape index (κ2) is 4.22. The summed E-state index contributed by atoms with van der Waals surface area (Å²) in [4.78, 5) is 0. The average Bonchev–Trinajstić information content (AvgIpc) is 2.63. The lowest BCUT2D eigenvalue weighted by atomic mass is 10.3. The Morgan fingerprint density at radius 2 is 2.25 bits per heavy atom. The molecule has 1 aromatic heterocycles. The number of aromatic nitrogens is 2. The van der Waals surface area contributed by atoms with Gasteiger partial charge in [0.2, 0.25) is 0 Å². The quantitative estimate of drug-likeness (QED) is 0.803. The van der Waals surface area contributed by atoms with E-state index in [0.717, 1.165) is 5.69 Å². The van der Waals surface area contributed by atoms with Crippen molar-refractivity contribution in [3.63, 3.8) is 0 Å². The van der Waals surface area contributed by atoms with Crippen molar-refractivity contribution >= 4 is 5.69 Å². The minimum Gasteiger partial charge on any atom is -0.482 e. The molecule has 0 amide bonds. The molecule has 16 heavy (non-hydrogen) atoms.